The van der Waals surface area contributed by atoms with Crippen LogP contribution in [0.1, 0.15) is 41.0 Å². The molecule has 132 valence electrons. The van der Waals surface area contributed by atoms with Gasteiger partial charge in [-0.1, -0.05) is 35.0 Å². The van der Waals surface area contributed by atoms with Gasteiger partial charge in [0.2, 0.25) is 0 Å². The van der Waals surface area contributed by atoms with Crippen LogP contribution in [-0.2, 0) is 0 Å². The molecule has 0 aromatic heterocycles. The van der Waals surface area contributed by atoms with Gasteiger partial charge >= 0.3 is 0 Å². The van der Waals surface area contributed by atoms with Gasteiger partial charge in [0, 0.05) is 11.0 Å². The molecule has 0 fully saturated rings. The standard InChI is InChI=1S/C19H21BrN2O3/c1-3-11-21-18(23)14-7-5-6-8-16(14)22-19(24)15-12-13(20)9-10-17(15)25-4-2/h5-10,12H,3-4,11H2,1-2H3,(H,21,23)(H,22,24). The van der Waals surface area contributed by atoms with Crippen LogP contribution in [0.4, 0.5) is 5.69 Å². The van der Waals surface area contributed by atoms with E-state index in [1.165, 1.54) is 0 Å². The van der Waals surface area contributed by atoms with E-state index in [9.17, 15) is 9.59 Å². The predicted octanol–water partition coefficient (Wildman–Crippen LogP) is 4.24. The van der Waals surface area contributed by atoms with Crippen LogP contribution in [0.15, 0.2) is 46.9 Å². The highest BCUT2D eigenvalue weighted by molar-refractivity contribution is 9.10. The maximum absolute atomic E-state index is 12.7. The number of amides is 2. The lowest BCUT2D eigenvalue weighted by Gasteiger charge is -2.13. The van der Waals surface area contributed by atoms with E-state index >= 15 is 0 Å². The zero-order valence-corrected chi connectivity index (χ0v) is 15.9. The van der Waals surface area contributed by atoms with Crippen LogP contribution >= 0.6 is 15.9 Å². The van der Waals surface area contributed by atoms with Gasteiger partial charge < -0.3 is 15.4 Å². The van der Waals surface area contributed by atoms with Crippen LogP contribution in [0.5, 0.6) is 5.75 Å². The van der Waals surface area contributed by atoms with Crippen LogP contribution in [0.25, 0.3) is 0 Å². The molecule has 0 saturated carbocycles. The number of anilines is 1. The van der Waals surface area contributed by atoms with E-state index in [-0.39, 0.29) is 11.8 Å². The molecule has 2 rings (SSSR count). The van der Waals surface area contributed by atoms with Crippen molar-refractivity contribution in [1.82, 2.24) is 5.32 Å². The first kappa shape index (κ1) is 19.0. The van der Waals surface area contributed by atoms with Crippen LogP contribution in [0.3, 0.4) is 0 Å². The molecule has 0 radical (unpaired) electrons. The Bertz CT molecular complexity index is 762. The molecule has 0 aliphatic carbocycles. The maximum Gasteiger partial charge on any atom is 0.259 e. The number of halogens is 1. The van der Waals surface area contributed by atoms with Crippen molar-refractivity contribution in [2.75, 3.05) is 18.5 Å². The second kappa shape index (κ2) is 9.22. The van der Waals surface area contributed by atoms with Gasteiger partial charge in [-0.3, -0.25) is 9.59 Å². The Hall–Kier alpha value is -2.34. The average molecular weight is 405 g/mol. The number of nitrogens with one attached hydrogen (secondary N) is 2. The van der Waals surface area contributed by atoms with Crippen LogP contribution in [0, 0.1) is 0 Å². The molecule has 2 N–H and O–H groups in total. The van der Waals surface area contributed by atoms with Gasteiger partial charge in [-0.25, -0.2) is 0 Å². The summed E-state index contributed by atoms with van der Waals surface area (Å²) in [5.41, 5.74) is 1.29. The molecular formula is C19H21BrN2O3. The van der Waals surface area contributed by atoms with Crippen LogP contribution < -0.4 is 15.4 Å². The molecule has 5 nitrogen and oxygen atoms in total. The van der Waals surface area contributed by atoms with Gasteiger partial charge in [0.15, 0.2) is 0 Å². The largest absolute Gasteiger partial charge is 0.493 e. The van der Waals surface area contributed by atoms with E-state index in [0.29, 0.717) is 35.7 Å². The number of benzene rings is 2. The van der Waals surface area contributed by atoms with Crippen LogP contribution in [-0.4, -0.2) is 25.0 Å². The fraction of sp³-hybridized carbons (Fsp3) is 0.263. The summed E-state index contributed by atoms with van der Waals surface area (Å²) >= 11 is 3.37. The monoisotopic (exact) mass is 404 g/mol. The molecule has 0 aliphatic rings. The summed E-state index contributed by atoms with van der Waals surface area (Å²) < 4.78 is 6.29. The van der Waals surface area contributed by atoms with Gasteiger partial charge in [0.1, 0.15) is 5.75 Å². The summed E-state index contributed by atoms with van der Waals surface area (Å²) in [6, 6.07) is 12.2. The topological polar surface area (TPSA) is 67.4 Å². The van der Waals surface area contributed by atoms with Crippen molar-refractivity contribution in [2.24, 2.45) is 0 Å². The summed E-state index contributed by atoms with van der Waals surface area (Å²) in [4.78, 5) is 25.0. The van der Waals surface area contributed by atoms with E-state index in [4.69, 9.17) is 4.74 Å². The fourth-order valence-corrected chi connectivity index (χ4v) is 2.64. The first-order chi connectivity index (χ1) is 12.1. The second-order valence-corrected chi connectivity index (χ2v) is 6.24. The number of hydrogen-bond donors (Lipinski definition) is 2. The first-order valence-corrected chi connectivity index (χ1v) is 8.97. The Balaban J connectivity index is 2.27. The van der Waals surface area contributed by atoms with Crippen molar-refractivity contribution in [2.45, 2.75) is 20.3 Å². The zero-order valence-electron chi connectivity index (χ0n) is 14.3. The maximum atomic E-state index is 12.7. The Morgan fingerprint density at radius 3 is 2.52 bits per heavy atom. The molecule has 25 heavy (non-hydrogen) atoms. The Morgan fingerprint density at radius 2 is 1.80 bits per heavy atom. The fourth-order valence-electron chi connectivity index (χ4n) is 2.27. The number of ether oxygens (including phenoxy) is 1. The molecule has 2 amide bonds. The minimum atomic E-state index is -0.333. The van der Waals surface area contributed by atoms with Crippen molar-refractivity contribution >= 4 is 33.4 Å². The average Bonchev–Trinajstić information content (AvgIpc) is 2.61. The van der Waals surface area contributed by atoms with Crippen molar-refractivity contribution in [3.8, 4) is 5.75 Å². The highest BCUT2D eigenvalue weighted by Gasteiger charge is 2.17. The number of carbonyl (C=O) groups is 2. The third kappa shape index (κ3) is 5.06. The summed E-state index contributed by atoms with van der Waals surface area (Å²) in [6.07, 6.45) is 0.843. The molecule has 0 bridgehead atoms. The lowest BCUT2D eigenvalue weighted by Crippen LogP contribution is -2.26. The van der Waals surface area contributed by atoms with E-state index < -0.39 is 0 Å². The van der Waals surface area contributed by atoms with Gasteiger partial charge in [-0.05, 0) is 43.7 Å². The molecule has 6 heteroatoms. The molecule has 2 aromatic rings. The normalized spacial score (nSPS) is 10.2. The summed E-state index contributed by atoms with van der Waals surface area (Å²) in [5, 5.41) is 5.63. The summed E-state index contributed by atoms with van der Waals surface area (Å²) in [7, 11) is 0. The lowest BCUT2D eigenvalue weighted by atomic mass is 10.1. The van der Waals surface area contributed by atoms with Gasteiger partial charge in [-0.15, -0.1) is 0 Å². The van der Waals surface area contributed by atoms with E-state index in [1.807, 2.05) is 19.9 Å². The summed E-state index contributed by atoms with van der Waals surface area (Å²) in [5.74, 6) is -0.0476. The van der Waals surface area contributed by atoms with E-state index in [2.05, 4.69) is 26.6 Å². The SMILES string of the molecule is CCCNC(=O)c1ccccc1NC(=O)c1cc(Br)ccc1OCC. The van der Waals surface area contributed by atoms with Crippen molar-refractivity contribution < 1.29 is 14.3 Å². The number of carbonyl (C=O) groups excluding carboxylic acids is 2. The minimum Gasteiger partial charge on any atom is -0.493 e. The predicted molar refractivity (Wildman–Crippen MR) is 102 cm³/mol. The molecule has 2 aromatic carbocycles. The van der Waals surface area contributed by atoms with Gasteiger partial charge in [0.05, 0.1) is 23.4 Å². The first-order valence-electron chi connectivity index (χ1n) is 8.17. The summed E-state index contributed by atoms with van der Waals surface area (Å²) in [6.45, 7) is 4.88. The number of hydrogen-bond acceptors (Lipinski definition) is 3. The number of para-hydroxylation sites is 1. The van der Waals surface area contributed by atoms with E-state index in [0.717, 1.165) is 10.9 Å². The Morgan fingerprint density at radius 1 is 1.04 bits per heavy atom. The Kier molecular flexibility index (Phi) is 7.01. The van der Waals surface area contributed by atoms with Crippen molar-refractivity contribution in [3.63, 3.8) is 0 Å². The third-order valence-electron chi connectivity index (χ3n) is 3.44. The number of rotatable bonds is 7. The second-order valence-electron chi connectivity index (χ2n) is 5.33. The molecule has 0 saturated heterocycles. The lowest BCUT2D eigenvalue weighted by molar-refractivity contribution is 0.0954. The van der Waals surface area contributed by atoms with Crippen molar-refractivity contribution in [3.05, 3.63) is 58.1 Å². The highest BCUT2D eigenvalue weighted by Crippen LogP contribution is 2.25. The smallest absolute Gasteiger partial charge is 0.259 e. The Labute approximate surface area is 155 Å². The molecule has 0 unspecified atom stereocenters. The zero-order chi connectivity index (χ0) is 18.2. The molecule has 0 heterocycles. The molecular weight excluding hydrogens is 384 g/mol. The molecule has 0 spiro atoms. The molecule has 0 atom stereocenters. The van der Waals surface area contributed by atoms with Gasteiger partial charge in [0.25, 0.3) is 11.8 Å². The van der Waals surface area contributed by atoms with Crippen molar-refractivity contribution in [1.29, 1.82) is 0 Å². The quantitative estimate of drug-likeness (QED) is 0.724. The van der Waals surface area contributed by atoms with E-state index in [1.54, 1.807) is 36.4 Å². The molecule has 0 aliphatic heterocycles. The van der Waals surface area contributed by atoms with Crippen LogP contribution in [0.2, 0.25) is 0 Å². The van der Waals surface area contributed by atoms with Gasteiger partial charge in [-0.2, -0.15) is 0 Å². The highest BCUT2D eigenvalue weighted by atomic mass is 79.9. The minimum absolute atomic E-state index is 0.211. The third-order valence-corrected chi connectivity index (χ3v) is 3.93.